The first-order valence-corrected chi connectivity index (χ1v) is 6.55. The van der Waals surface area contributed by atoms with Crippen molar-refractivity contribution in [3.05, 3.63) is 68.7 Å². The van der Waals surface area contributed by atoms with Crippen LogP contribution in [-0.4, -0.2) is 0 Å². The van der Waals surface area contributed by atoms with Gasteiger partial charge in [-0.1, -0.05) is 53.0 Å². The third kappa shape index (κ3) is 2.65. The maximum absolute atomic E-state index is 6.39. The van der Waals surface area contributed by atoms with Crippen LogP contribution in [0.2, 0.25) is 15.1 Å². The first-order valence-electron chi connectivity index (χ1n) is 5.42. The van der Waals surface area contributed by atoms with E-state index in [9.17, 15) is 0 Å². The van der Waals surface area contributed by atoms with Gasteiger partial charge < -0.3 is 5.73 Å². The minimum Gasteiger partial charge on any atom is -0.318 e. The average molecular weight is 301 g/mol. The third-order valence-electron chi connectivity index (χ3n) is 2.94. The molecule has 0 radical (unpaired) electrons. The molecule has 1 unspecified atom stereocenters. The van der Waals surface area contributed by atoms with Crippen LogP contribution in [-0.2, 0) is 5.54 Å². The van der Waals surface area contributed by atoms with Gasteiger partial charge in [-0.2, -0.15) is 0 Å². The number of benzene rings is 2. The smallest absolute Gasteiger partial charge is 0.0637 e. The largest absolute Gasteiger partial charge is 0.318 e. The number of halogens is 3. The molecule has 0 aliphatic rings. The first kappa shape index (κ1) is 13.7. The van der Waals surface area contributed by atoms with Crippen molar-refractivity contribution in [3.63, 3.8) is 0 Å². The highest BCUT2D eigenvalue weighted by Crippen LogP contribution is 2.32. The second-order valence-electron chi connectivity index (χ2n) is 4.34. The maximum Gasteiger partial charge on any atom is 0.0637 e. The molecule has 1 nitrogen and oxygen atoms in total. The van der Waals surface area contributed by atoms with E-state index in [0.29, 0.717) is 15.1 Å². The molecular formula is C14H12Cl3N. The lowest BCUT2D eigenvalue weighted by Crippen LogP contribution is -2.34. The van der Waals surface area contributed by atoms with Gasteiger partial charge in [0.25, 0.3) is 0 Å². The summed E-state index contributed by atoms with van der Waals surface area (Å²) in [5.74, 6) is 0. The van der Waals surface area contributed by atoms with Crippen molar-refractivity contribution in [1.29, 1.82) is 0 Å². The van der Waals surface area contributed by atoms with Gasteiger partial charge in [-0.05, 0) is 42.3 Å². The van der Waals surface area contributed by atoms with Crippen molar-refractivity contribution in [1.82, 2.24) is 0 Å². The van der Waals surface area contributed by atoms with Crippen LogP contribution < -0.4 is 5.73 Å². The van der Waals surface area contributed by atoms with Crippen LogP contribution >= 0.6 is 34.8 Å². The van der Waals surface area contributed by atoms with Crippen LogP contribution in [0, 0.1) is 0 Å². The fourth-order valence-corrected chi connectivity index (χ4v) is 2.29. The van der Waals surface area contributed by atoms with E-state index in [0.717, 1.165) is 11.1 Å². The minimum atomic E-state index is -0.668. The van der Waals surface area contributed by atoms with E-state index in [1.54, 1.807) is 12.1 Å². The van der Waals surface area contributed by atoms with Gasteiger partial charge in [0.15, 0.2) is 0 Å². The van der Waals surface area contributed by atoms with Crippen LogP contribution in [0.25, 0.3) is 0 Å². The Morgan fingerprint density at radius 1 is 0.889 bits per heavy atom. The summed E-state index contributed by atoms with van der Waals surface area (Å²) >= 11 is 17.9. The van der Waals surface area contributed by atoms with E-state index in [1.165, 1.54) is 0 Å². The Bertz CT molecular complexity index is 579. The Hall–Kier alpha value is -0.730. The second-order valence-corrected chi connectivity index (χ2v) is 5.59. The van der Waals surface area contributed by atoms with Gasteiger partial charge >= 0.3 is 0 Å². The molecule has 0 fully saturated rings. The van der Waals surface area contributed by atoms with Gasteiger partial charge in [-0.15, -0.1) is 0 Å². The molecule has 0 bridgehead atoms. The van der Waals surface area contributed by atoms with E-state index < -0.39 is 5.54 Å². The van der Waals surface area contributed by atoms with Crippen LogP contribution in [0.4, 0.5) is 0 Å². The van der Waals surface area contributed by atoms with Crippen LogP contribution in [0.3, 0.4) is 0 Å². The van der Waals surface area contributed by atoms with Crippen molar-refractivity contribution < 1.29 is 0 Å². The van der Waals surface area contributed by atoms with Crippen molar-refractivity contribution in [2.45, 2.75) is 12.5 Å². The summed E-state index contributed by atoms with van der Waals surface area (Å²) in [6.07, 6.45) is 0. The lowest BCUT2D eigenvalue weighted by atomic mass is 9.86. The Kier molecular flexibility index (Phi) is 3.88. The van der Waals surface area contributed by atoms with Gasteiger partial charge in [0.2, 0.25) is 0 Å². The summed E-state index contributed by atoms with van der Waals surface area (Å²) < 4.78 is 0. The molecule has 0 aliphatic heterocycles. The molecule has 0 spiro atoms. The van der Waals surface area contributed by atoms with Gasteiger partial charge in [0.1, 0.15) is 0 Å². The van der Waals surface area contributed by atoms with E-state index in [4.69, 9.17) is 40.5 Å². The van der Waals surface area contributed by atoms with Crippen molar-refractivity contribution >= 4 is 34.8 Å². The molecule has 0 aromatic heterocycles. The summed E-state index contributed by atoms with van der Waals surface area (Å²) in [4.78, 5) is 0. The molecular weight excluding hydrogens is 289 g/mol. The fraction of sp³-hybridized carbons (Fsp3) is 0.143. The molecule has 2 N–H and O–H groups in total. The molecule has 2 rings (SSSR count). The zero-order chi connectivity index (χ0) is 13.3. The standard InChI is InChI=1S/C14H12Cl3N/c1-14(18,9-3-2-4-11(15)7-9)10-5-6-12(16)13(17)8-10/h2-8H,18H2,1H3. The minimum absolute atomic E-state index is 0.493. The normalized spacial score (nSPS) is 14.3. The molecule has 0 amide bonds. The number of nitrogens with two attached hydrogens (primary N) is 1. The highest BCUT2D eigenvalue weighted by molar-refractivity contribution is 6.42. The molecule has 0 saturated carbocycles. The Morgan fingerprint density at radius 3 is 2.17 bits per heavy atom. The lowest BCUT2D eigenvalue weighted by Gasteiger charge is -2.26. The SMILES string of the molecule is CC(N)(c1cccc(Cl)c1)c1ccc(Cl)c(Cl)c1. The van der Waals surface area contributed by atoms with Crippen LogP contribution in [0.15, 0.2) is 42.5 Å². The zero-order valence-corrected chi connectivity index (χ0v) is 12.0. The molecule has 0 heterocycles. The van der Waals surface area contributed by atoms with Gasteiger partial charge in [0.05, 0.1) is 15.6 Å². The fourth-order valence-electron chi connectivity index (χ4n) is 1.80. The quantitative estimate of drug-likeness (QED) is 0.841. The average Bonchev–Trinajstić information content (AvgIpc) is 2.32. The number of hydrogen-bond donors (Lipinski definition) is 1. The first-order chi connectivity index (χ1) is 8.41. The van der Waals surface area contributed by atoms with Crippen LogP contribution in [0.1, 0.15) is 18.1 Å². The van der Waals surface area contributed by atoms with E-state index in [2.05, 4.69) is 0 Å². The molecule has 94 valence electrons. The molecule has 2 aromatic rings. The highest BCUT2D eigenvalue weighted by Gasteiger charge is 2.24. The molecule has 2 aromatic carbocycles. The van der Waals surface area contributed by atoms with Crippen LogP contribution in [0.5, 0.6) is 0 Å². The summed E-state index contributed by atoms with van der Waals surface area (Å²) in [6.45, 7) is 1.91. The van der Waals surface area contributed by atoms with E-state index >= 15 is 0 Å². The summed E-state index contributed by atoms with van der Waals surface area (Å²) in [5, 5.41) is 1.67. The Balaban J connectivity index is 2.50. The zero-order valence-electron chi connectivity index (χ0n) is 9.75. The van der Waals surface area contributed by atoms with E-state index in [1.807, 2.05) is 37.3 Å². The highest BCUT2D eigenvalue weighted by atomic mass is 35.5. The summed E-state index contributed by atoms with van der Waals surface area (Å²) in [7, 11) is 0. The molecule has 1 atom stereocenters. The Labute approximate surface area is 121 Å². The van der Waals surface area contributed by atoms with Crippen molar-refractivity contribution in [2.75, 3.05) is 0 Å². The predicted octanol–water partition coefficient (Wildman–Crippen LogP) is 4.87. The summed E-state index contributed by atoms with van der Waals surface area (Å²) in [6, 6.07) is 12.9. The monoisotopic (exact) mass is 299 g/mol. The van der Waals surface area contributed by atoms with Gasteiger partial charge in [-0.3, -0.25) is 0 Å². The molecule has 0 aliphatic carbocycles. The van der Waals surface area contributed by atoms with Crippen molar-refractivity contribution in [3.8, 4) is 0 Å². The summed E-state index contributed by atoms with van der Waals surface area (Å²) in [5.41, 5.74) is 7.53. The topological polar surface area (TPSA) is 26.0 Å². The van der Waals surface area contributed by atoms with E-state index in [-0.39, 0.29) is 0 Å². The molecule has 18 heavy (non-hydrogen) atoms. The number of hydrogen-bond acceptors (Lipinski definition) is 1. The molecule has 0 saturated heterocycles. The Morgan fingerprint density at radius 2 is 1.56 bits per heavy atom. The van der Waals surface area contributed by atoms with Gasteiger partial charge in [0, 0.05) is 5.02 Å². The number of rotatable bonds is 2. The second kappa shape index (κ2) is 5.10. The van der Waals surface area contributed by atoms with Gasteiger partial charge in [-0.25, -0.2) is 0 Å². The predicted molar refractivity (Wildman–Crippen MR) is 78.6 cm³/mol. The third-order valence-corrected chi connectivity index (χ3v) is 3.92. The van der Waals surface area contributed by atoms with Crippen molar-refractivity contribution in [2.24, 2.45) is 5.73 Å². The molecule has 4 heteroatoms. The lowest BCUT2D eigenvalue weighted by molar-refractivity contribution is 0.603. The maximum atomic E-state index is 6.39.